The zero-order chi connectivity index (χ0) is 22.3. The summed E-state index contributed by atoms with van der Waals surface area (Å²) < 4.78 is 1.46. The average molecular weight is 436 g/mol. The van der Waals surface area contributed by atoms with Crippen molar-refractivity contribution in [2.24, 2.45) is 5.73 Å². The van der Waals surface area contributed by atoms with Crippen molar-refractivity contribution >= 4 is 34.4 Å². The molecule has 3 heterocycles. The highest BCUT2D eigenvalue weighted by Crippen LogP contribution is 2.27. The summed E-state index contributed by atoms with van der Waals surface area (Å²) in [6, 6.07) is 8.34. The number of rotatable bonds is 2. The van der Waals surface area contributed by atoms with Gasteiger partial charge in [-0.05, 0) is 30.3 Å². The molecule has 2 amide bonds. The Labute approximate surface area is 182 Å². The Balaban J connectivity index is 1.78. The molecule has 1 aliphatic heterocycles. The molecule has 3 N–H and O–H groups in total. The quantitative estimate of drug-likeness (QED) is 0.469. The molecular formula is C22H18ClN5O3. The largest absolute Gasteiger partial charge is 0.373 e. The fourth-order valence-electron chi connectivity index (χ4n) is 3.39. The monoisotopic (exact) mass is 435 g/mol. The summed E-state index contributed by atoms with van der Waals surface area (Å²) >= 11 is 6.29. The van der Waals surface area contributed by atoms with E-state index in [9.17, 15) is 14.7 Å². The summed E-state index contributed by atoms with van der Waals surface area (Å²) in [5, 5.41) is 16.0. The van der Waals surface area contributed by atoms with Crippen molar-refractivity contribution in [1.82, 2.24) is 19.7 Å². The molecule has 3 aromatic rings. The summed E-state index contributed by atoms with van der Waals surface area (Å²) in [6.45, 7) is 4.08. The van der Waals surface area contributed by atoms with E-state index in [1.165, 1.54) is 9.58 Å². The molecule has 0 aliphatic carbocycles. The number of nitrogens with two attached hydrogens (primary N) is 1. The van der Waals surface area contributed by atoms with Crippen molar-refractivity contribution < 1.29 is 14.7 Å². The zero-order valence-electron chi connectivity index (χ0n) is 16.6. The van der Waals surface area contributed by atoms with Crippen molar-refractivity contribution in [2.75, 3.05) is 13.6 Å². The van der Waals surface area contributed by atoms with E-state index in [0.29, 0.717) is 33.9 Å². The zero-order valence-corrected chi connectivity index (χ0v) is 17.3. The Bertz CT molecular complexity index is 1320. The van der Waals surface area contributed by atoms with Gasteiger partial charge in [0.15, 0.2) is 16.9 Å². The fraction of sp³-hybridized carbons (Fsp3) is 0.182. The fourth-order valence-corrected chi connectivity index (χ4v) is 3.61. The Morgan fingerprint density at radius 2 is 2.16 bits per heavy atom. The number of likely N-dealkylation sites (tertiary alicyclic amines) is 1. The van der Waals surface area contributed by atoms with Crippen molar-refractivity contribution in [3.05, 3.63) is 65.0 Å². The van der Waals surface area contributed by atoms with Crippen LogP contribution in [-0.4, -0.2) is 55.8 Å². The van der Waals surface area contributed by atoms with Crippen LogP contribution in [0.4, 0.5) is 0 Å². The number of amides is 2. The van der Waals surface area contributed by atoms with Gasteiger partial charge in [0, 0.05) is 36.8 Å². The van der Waals surface area contributed by atoms with Crippen LogP contribution in [0.5, 0.6) is 0 Å². The second-order valence-corrected chi connectivity index (χ2v) is 7.70. The van der Waals surface area contributed by atoms with Gasteiger partial charge in [-0.2, -0.15) is 5.10 Å². The van der Waals surface area contributed by atoms with E-state index in [2.05, 4.69) is 28.5 Å². The maximum atomic E-state index is 12.1. The average Bonchev–Trinajstić information content (AvgIpc) is 3.14. The Hall–Kier alpha value is -3.67. The first kappa shape index (κ1) is 20.6. The molecule has 1 atom stereocenters. The number of aromatic nitrogens is 3. The van der Waals surface area contributed by atoms with Gasteiger partial charge in [0.1, 0.15) is 0 Å². The van der Waals surface area contributed by atoms with Gasteiger partial charge in [-0.1, -0.05) is 30.0 Å². The topological polar surface area (TPSA) is 114 Å². The summed E-state index contributed by atoms with van der Waals surface area (Å²) in [7, 11) is 1.65. The molecule has 31 heavy (non-hydrogen) atoms. The molecule has 0 spiro atoms. The van der Waals surface area contributed by atoms with Crippen LogP contribution in [0.2, 0.25) is 5.02 Å². The number of hydrogen-bond acceptors (Lipinski definition) is 5. The summed E-state index contributed by atoms with van der Waals surface area (Å²) in [6.07, 6.45) is 1.83. The number of benzene rings is 1. The van der Waals surface area contributed by atoms with E-state index in [1.54, 1.807) is 43.6 Å². The highest BCUT2D eigenvalue weighted by molar-refractivity contribution is 6.30. The molecule has 1 saturated heterocycles. The SMILES string of the molecule is C=C1C(=O)N(C)CC[C@@]1(O)C#Cc1cc(Cl)cc(-n2nc(C(N)=O)c3cccnc32)c1. The van der Waals surface area contributed by atoms with Gasteiger partial charge in [-0.25, -0.2) is 9.67 Å². The normalized spacial score (nSPS) is 18.7. The molecule has 1 aromatic carbocycles. The van der Waals surface area contributed by atoms with Crippen molar-refractivity contribution in [2.45, 2.75) is 12.0 Å². The maximum Gasteiger partial charge on any atom is 0.269 e. The number of fused-ring (bicyclic) bond motifs is 1. The number of halogens is 1. The third-order valence-corrected chi connectivity index (χ3v) is 5.35. The lowest BCUT2D eigenvalue weighted by Crippen LogP contribution is -2.47. The van der Waals surface area contributed by atoms with Gasteiger partial charge in [-0.15, -0.1) is 0 Å². The lowest BCUT2D eigenvalue weighted by molar-refractivity contribution is -0.130. The van der Waals surface area contributed by atoms with Crippen molar-refractivity contribution in [3.63, 3.8) is 0 Å². The Morgan fingerprint density at radius 1 is 1.39 bits per heavy atom. The molecule has 1 fully saturated rings. The minimum absolute atomic E-state index is 0.0318. The highest BCUT2D eigenvalue weighted by Gasteiger charge is 2.38. The molecule has 1 aliphatic rings. The van der Waals surface area contributed by atoms with E-state index >= 15 is 0 Å². The number of pyridine rings is 1. The number of likely N-dealkylation sites (N-methyl/N-ethyl adjacent to an activating group) is 1. The van der Waals surface area contributed by atoms with E-state index in [1.807, 2.05) is 0 Å². The molecular weight excluding hydrogens is 418 g/mol. The van der Waals surface area contributed by atoms with Crippen molar-refractivity contribution in [1.29, 1.82) is 0 Å². The molecule has 2 aromatic heterocycles. The number of nitrogens with zero attached hydrogens (tertiary/aromatic N) is 4. The van der Waals surface area contributed by atoms with Crippen LogP contribution < -0.4 is 5.73 Å². The molecule has 9 heteroatoms. The molecule has 8 nitrogen and oxygen atoms in total. The van der Waals surface area contributed by atoms with Gasteiger partial charge in [0.05, 0.1) is 16.6 Å². The smallest absolute Gasteiger partial charge is 0.269 e. The maximum absolute atomic E-state index is 12.1. The first-order valence-corrected chi connectivity index (χ1v) is 9.72. The molecule has 0 saturated carbocycles. The Morgan fingerprint density at radius 3 is 2.90 bits per heavy atom. The highest BCUT2D eigenvalue weighted by atomic mass is 35.5. The number of hydrogen-bond donors (Lipinski definition) is 2. The first-order chi connectivity index (χ1) is 14.7. The van der Waals surface area contributed by atoms with E-state index in [0.717, 1.165) is 0 Å². The van der Waals surface area contributed by atoms with Gasteiger partial charge >= 0.3 is 0 Å². The predicted molar refractivity (Wildman–Crippen MR) is 116 cm³/mol. The molecule has 156 valence electrons. The number of piperidine rings is 1. The van der Waals surface area contributed by atoms with Crippen LogP contribution >= 0.6 is 11.6 Å². The Kier molecular flexibility index (Phi) is 5.01. The second-order valence-electron chi connectivity index (χ2n) is 7.26. The van der Waals surface area contributed by atoms with Crippen LogP contribution in [0.25, 0.3) is 16.7 Å². The third kappa shape index (κ3) is 3.65. The lowest BCUT2D eigenvalue weighted by Gasteiger charge is -2.34. The van der Waals surface area contributed by atoms with E-state index in [4.69, 9.17) is 17.3 Å². The van der Waals surface area contributed by atoms with E-state index in [-0.39, 0.29) is 23.6 Å². The molecule has 4 rings (SSSR count). The lowest BCUT2D eigenvalue weighted by atomic mass is 9.87. The molecule has 0 radical (unpaired) electrons. The van der Waals surface area contributed by atoms with Crippen LogP contribution in [-0.2, 0) is 4.79 Å². The van der Waals surface area contributed by atoms with Crippen LogP contribution in [0.3, 0.4) is 0 Å². The van der Waals surface area contributed by atoms with Gasteiger partial charge in [0.2, 0.25) is 0 Å². The number of carbonyl (C=O) groups is 2. The predicted octanol–water partition coefficient (Wildman–Crippen LogP) is 1.67. The van der Waals surface area contributed by atoms with Crippen molar-refractivity contribution in [3.8, 4) is 17.5 Å². The summed E-state index contributed by atoms with van der Waals surface area (Å²) in [4.78, 5) is 29.7. The number of aliphatic hydroxyl groups is 1. The molecule has 0 unspecified atom stereocenters. The summed E-state index contributed by atoms with van der Waals surface area (Å²) in [5.41, 5.74) is 5.38. The summed E-state index contributed by atoms with van der Waals surface area (Å²) in [5.74, 6) is 4.62. The number of primary amides is 1. The minimum Gasteiger partial charge on any atom is -0.373 e. The van der Waals surface area contributed by atoms with Gasteiger partial charge < -0.3 is 15.7 Å². The second kappa shape index (κ2) is 7.54. The standard InChI is InChI=1S/C22H18ClN5O3/c1-13-21(30)27(2)9-7-22(13,31)6-5-14-10-15(23)12-16(11-14)28-20-17(4-3-8-25-20)18(26-28)19(24)29/h3-4,8,10-12,31H,1,7,9H2,2H3,(H2,24,29)/t22-/m0/s1. The van der Waals surface area contributed by atoms with E-state index < -0.39 is 11.5 Å². The third-order valence-electron chi connectivity index (χ3n) is 5.13. The minimum atomic E-state index is -1.62. The molecule has 0 bridgehead atoms. The van der Waals surface area contributed by atoms with Crippen LogP contribution in [0, 0.1) is 11.8 Å². The number of carbonyl (C=O) groups excluding carboxylic acids is 2. The van der Waals surface area contributed by atoms with Gasteiger partial charge in [0.25, 0.3) is 11.8 Å². The first-order valence-electron chi connectivity index (χ1n) is 9.34. The van der Waals surface area contributed by atoms with Crippen LogP contribution in [0.15, 0.2) is 48.7 Å². The van der Waals surface area contributed by atoms with Gasteiger partial charge in [-0.3, -0.25) is 9.59 Å². The van der Waals surface area contributed by atoms with Crippen LogP contribution in [0.1, 0.15) is 22.5 Å².